The van der Waals surface area contributed by atoms with Gasteiger partial charge in [-0.2, -0.15) is 0 Å². The van der Waals surface area contributed by atoms with E-state index >= 15 is 0 Å². The molecule has 0 saturated heterocycles. The monoisotopic (exact) mass is 291 g/mol. The van der Waals surface area contributed by atoms with E-state index in [4.69, 9.17) is 4.99 Å². The van der Waals surface area contributed by atoms with E-state index in [1.165, 1.54) is 16.8 Å². The van der Waals surface area contributed by atoms with Crippen LogP contribution in [0.5, 0.6) is 0 Å². The molecule has 1 aliphatic carbocycles. The van der Waals surface area contributed by atoms with Crippen molar-refractivity contribution in [3.05, 3.63) is 71.8 Å². The predicted molar refractivity (Wildman–Crippen MR) is 94.8 cm³/mol. The number of nitrogens with zero attached hydrogens (tertiary/aromatic N) is 1. The van der Waals surface area contributed by atoms with Crippen LogP contribution >= 0.6 is 0 Å². The molecular weight excluding hydrogens is 266 g/mol. The van der Waals surface area contributed by atoms with E-state index in [9.17, 15) is 0 Å². The first-order valence-corrected chi connectivity index (χ1v) is 8.20. The maximum absolute atomic E-state index is 4.98. The van der Waals surface area contributed by atoms with Gasteiger partial charge in [-0.25, -0.2) is 0 Å². The average molecular weight is 291 g/mol. The second-order valence-electron chi connectivity index (χ2n) is 7.29. The summed E-state index contributed by atoms with van der Waals surface area (Å²) in [5.74, 6) is 1.09. The Morgan fingerprint density at radius 3 is 1.50 bits per heavy atom. The van der Waals surface area contributed by atoms with E-state index < -0.39 is 0 Å². The van der Waals surface area contributed by atoms with Gasteiger partial charge in [0.05, 0.1) is 5.54 Å². The minimum absolute atomic E-state index is 0.0160. The quantitative estimate of drug-likeness (QED) is 0.684. The maximum Gasteiger partial charge on any atom is 0.0523 e. The zero-order chi connectivity index (χ0) is 15.6. The molecule has 0 bridgehead atoms. The molecule has 2 aromatic carbocycles. The number of aliphatic imine (C=N–C) groups is 1. The first kappa shape index (κ1) is 15.0. The summed E-state index contributed by atoms with van der Waals surface area (Å²) in [5.41, 5.74) is 4.27. The lowest BCUT2D eigenvalue weighted by atomic mass is 9.84. The highest BCUT2D eigenvalue weighted by Gasteiger charge is 2.34. The molecule has 0 N–H and O–H groups in total. The van der Waals surface area contributed by atoms with Gasteiger partial charge in [0.2, 0.25) is 0 Å². The van der Waals surface area contributed by atoms with Crippen molar-refractivity contribution >= 4 is 5.71 Å². The number of benzene rings is 2. The maximum atomic E-state index is 4.98. The Morgan fingerprint density at radius 2 is 1.14 bits per heavy atom. The summed E-state index contributed by atoms with van der Waals surface area (Å²) in [6, 6.07) is 21.8. The van der Waals surface area contributed by atoms with Crippen LogP contribution in [-0.2, 0) is 0 Å². The van der Waals surface area contributed by atoms with Gasteiger partial charge < -0.3 is 0 Å². The van der Waals surface area contributed by atoms with Gasteiger partial charge >= 0.3 is 0 Å². The van der Waals surface area contributed by atoms with Crippen LogP contribution in [0.25, 0.3) is 0 Å². The molecular formula is C21H25N. The fraction of sp³-hybridized carbons (Fsp3) is 0.381. The number of hydrogen-bond acceptors (Lipinski definition) is 1. The summed E-state index contributed by atoms with van der Waals surface area (Å²) in [7, 11) is 0. The molecule has 22 heavy (non-hydrogen) atoms. The van der Waals surface area contributed by atoms with Gasteiger partial charge in [-0.3, -0.25) is 4.99 Å². The lowest BCUT2D eigenvalue weighted by Gasteiger charge is -2.19. The zero-order valence-electron chi connectivity index (χ0n) is 13.8. The van der Waals surface area contributed by atoms with Crippen molar-refractivity contribution in [1.29, 1.82) is 0 Å². The second-order valence-corrected chi connectivity index (χ2v) is 7.29. The van der Waals surface area contributed by atoms with Gasteiger partial charge in [0, 0.05) is 5.71 Å². The highest BCUT2D eigenvalue weighted by molar-refractivity contribution is 5.89. The molecule has 0 aromatic heterocycles. The highest BCUT2D eigenvalue weighted by atomic mass is 14.8. The van der Waals surface area contributed by atoms with Crippen LogP contribution in [0.2, 0.25) is 0 Å². The smallest absolute Gasteiger partial charge is 0.0523 e. The van der Waals surface area contributed by atoms with Gasteiger partial charge in [0.1, 0.15) is 0 Å². The van der Waals surface area contributed by atoms with Crippen LogP contribution < -0.4 is 0 Å². The Balaban J connectivity index is 1.96. The van der Waals surface area contributed by atoms with Gasteiger partial charge in [0.25, 0.3) is 0 Å². The summed E-state index contributed by atoms with van der Waals surface area (Å²) >= 11 is 0. The SMILES string of the molecule is CC(C)(C)N=C1C[C@H](c2ccccc2)[C@H](c2ccccc2)C1. The number of rotatable bonds is 2. The Kier molecular flexibility index (Phi) is 4.15. The molecule has 3 rings (SSSR count). The standard InChI is InChI=1S/C21H25N/c1-21(2,3)22-18-14-19(16-10-6-4-7-11-16)20(15-18)17-12-8-5-9-13-17/h4-13,19-20H,14-15H2,1-3H3/t19-,20+. The van der Waals surface area contributed by atoms with Crippen molar-refractivity contribution in [2.75, 3.05) is 0 Å². The van der Waals surface area contributed by atoms with E-state index in [1.54, 1.807) is 0 Å². The van der Waals surface area contributed by atoms with Gasteiger partial charge in [-0.05, 0) is 56.6 Å². The lowest BCUT2D eigenvalue weighted by Crippen LogP contribution is -2.12. The van der Waals surface area contributed by atoms with Crippen molar-refractivity contribution in [3.63, 3.8) is 0 Å². The number of hydrogen-bond donors (Lipinski definition) is 0. The molecule has 2 aromatic rings. The van der Waals surface area contributed by atoms with E-state index in [0.717, 1.165) is 12.8 Å². The Morgan fingerprint density at radius 1 is 0.727 bits per heavy atom. The minimum atomic E-state index is 0.0160. The molecule has 2 atom stereocenters. The molecule has 0 amide bonds. The van der Waals surface area contributed by atoms with Crippen LogP contribution in [0.4, 0.5) is 0 Å². The summed E-state index contributed by atoms with van der Waals surface area (Å²) in [5, 5.41) is 0. The van der Waals surface area contributed by atoms with E-state index in [-0.39, 0.29) is 5.54 Å². The average Bonchev–Trinajstić information content (AvgIpc) is 2.91. The molecule has 0 heterocycles. The topological polar surface area (TPSA) is 12.4 Å². The first-order valence-electron chi connectivity index (χ1n) is 8.20. The molecule has 114 valence electrons. The third-order valence-corrected chi connectivity index (χ3v) is 4.35. The third-order valence-electron chi connectivity index (χ3n) is 4.35. The van der Waals surface area contributed by atoms with Crippen LogP contribution in [0, 0.1) is 0 Å². The summed E-state index contributed by atoms with van der Waals surface area (Å²) in [6.45, 7) is 6.56. The van der Waals surface area contributed by atoms with Crippen LogP contribution in [0.15, 0.2) is 65.7 Å². The lowest BCUT2D eigenvalue weighted by molar-refractivity contribution is 0.581. The van der Waals surface area contributed by atoms with Crippen molar-refractivity contribution < 1.29 is 0 Å². The first-order chi connectivity index (χ1) is 10.5. The Hall–Kier alpha value is -1.89. The van der Waals surface area contributed by atoms with E-state index in [2.05, 4.69) is 81.4 Å². The molecule has 1 saturated carbocycles. The van der Waals surface area contributed by atoms with Crippen LogP contribution in [0.1, 0.15) is 56.6 Å². The van der Waals surface area contributed by atoms with Crippen molar-refractivity contribution in [2.24, 2.45) is 4.99 Å². The van der Waals surface area contributed by atoms with Crippen LogP contribution in [-0.4, -0.2) is 11.3 Å². The third kappa shape index (κ3) is 3.47. The molecule has 0 unspecified atom stereocenters. The largest absolute Gasteiger partial charge is 0.288 e. The molecule has 0 radical (unpaired) electrons. The van der Waals surface area contributed by atoms with Gasteiger partial charge in [-0.1, -0.05) is 60.7 Å². The Labute approximate surface area is 134 Å². The van der Waals surface area contributed by atoms with Crippen molar-refractivity contribution in [3.8, 4) is 0 Å². The molecule has 0 aliphatic heterocycles. The molecule has 1 fully saturated rings. The van der Waals surface area contributed by atoms with Crippen molar-refractivity contribution in [1.82, 2.24) is 0 Å². The second kappa shape index (κ2) is 6.08. The van der Waals surface area contributed by atoms with Gasteiger partial charge in [0.15, 0.2) is 0 Å². The molecule has 0 spiro atoms. The fourth-order valence-corrected chi connectivity index (χ4v) is 3.54. The highest BCUT2D eigenvalue weighted by Crippen LogP contribution is 2.45. The summed E-state index contributed by atoms with van der Waals surface area (Å²) in [6.07, 6.45) is 2.17. The minimum Gasteiger partial charge on any atom is -0.288 e. The fourth-order valence-electron chi connectivity index (χ4n) is 3.54. The summed E-state index contributed by atoms with van der Waals surface area (Å²) < 4.78 is 0. The normalized spacial score (nSPS) is 23.9. The predicted octanol–water partition coefficient (Wildman–Crippen LogP) is 5.59. The summed E-state index contributed by atoms with van der Waals surface area (Å²) in [4.78, 5) is 4.98. The molecule has 1 aliphatic rings. The van der Waals surface area contributed by atoms with Crippen molar-refractivity contribution in [2.45, 2.75) is 51.0 Å². The zero-order valence-corrected chi connectivity index (χ0v) is 13.8. The molecule has 1 heteroatoms. The molecule has 1 nitrogen and oxygen atoms in total. The Bertz CT molecular complexity index is 585. The van der Waals surface area contributed by atoms with E-state index in [1.807, 2.05) is 0 Å². The van der Waals surface area contributed by atoms with Gasteiger partial charge in [-0.15, -0.1) is 0 Å². The van der Waals surface area contributed by atoms with E-state index in [0.29, 0.717) is 11.8 Å². The van der Waals surface area contributed by atoms with Crippen LogP contribution in [0.3, 0.4) is 0 Å².